The number of methoxy groups -OCH3 is 1. The lowest BCUT2D eigenvalue weighted by Gasteiger charge is -2.14. The fourth-order valence-corrected chi connectivity index (χ4v) is 3.58. The van der Waals surface area contributed by atoms with E-state index in [-0.39, 0.29) is 5.91 Å². The van der Waals surface area contributed by atoms with E-state index in [0.717, 1.165) is 33.5 Å². The molecule has 4 aromatic rings. The Kier molecular flexibility index (Phi) is 5.72. The number of benzene rings is 3. The van der Waals surface area contributed by atoms with Gasteiger partial charge in [-0.3, -0.25) is 9.48 Å². The Bertz CT molecular complexity index is 1170. The van der Waals surface area contributed by atoms with Crippen molar-refractivity contribution in [3.05, 3.63) is 83.4 Å². The maximum Gasteiger partial charge on any atom is 0.244 e. The molecule has 4 rings (SSSR count). The van der Waals surface area contributed by atoms with E-state index in [2.05, 4.69) is 5.32 Å². The molecule has 152 valence electrons. The van der Waals surface area contributed by atoms with E-state index in [1.807, 2.05) is 79.7 Å². The molecule has 1 amide bonds. The van der Waals surface area contributed by atoms with Gasteiger partial charge in [-0.2, -0.15) is 5.10 Å². The molecule has 1 aromatic heterocycles. The van der Waals surface area contributed by atoms with Gasteiger partial charge in [0.2, 0.25) is 5.91 Å². The average molecular weight is 420 g/mol. The minimum Gasteiger partial charge on any atom is -0.497 e. The number of ether oxygens (including phenoxy) is 1. The van der Waals surface area contributed by atoms with E-state index < -0.39 is 6.04 Å². The lowest BCUT2D eigenvalue weighted by atomic mass is 10.1. The second-order valence-corrected chi connectivity index (χ2v) is 7.50. The molecule has 0 fully saturated rings. The molecule has 0 saturated carbocycles. The molecule has 1 heterocycles. The van der Waals surface area contributed by atoms with Crippen LogP contribution in [0.3, 0.4) is 0 Å². The van der Waals surface area contributed by atoms with Crippen LogP contribution in [0.5, 0.6) is 5.75 Å². The highest BCUT2D eigenvalue weighted by Gasteiger charge is 2.21. The summed E-state index contributed by atoms with van der Waals surface area (Å²) in [5, 5.41) is 9.33. The number of nitrogens with one attached hydrogen (secondary N) is 1. The number of aromatic nitrogens is 2. The summed E-state index contributed by atoms with van der Waals surface area (Å²) in [5.41, 5.74) is 3.65. The SMILES string of the molecule is COc1ccc(CNC(=O)[C@H](C)n2nc(-c3ccccc3)c3cc(Cl)ccc32)cc1. The van der Waals surface area contributed by atoms with Gasteiger partial charge >= 0.3 is 0 Å². The zero-order valence-corrected chi connectivity index (χ0v) is 17.6. The van der Waals surface area contributed by atoms with Crippen LogP contribution >= 0.6 is 11.6 Å². The van der Waals surface area contributed by atoms with Gasteiger partial charge in [-0.15, -0.1) is 0 Å². The van der Waals surface area contributed by atoms with Crippen LogP contribution in [0, 0.1) is 0 Å². The van der Waals surface area contributed by atoms with Gasteiger partial charge in [0.1, 0.15) is 17.5 Å². The lowest BCUT2D eigenvalue weighted by Crippen LogP contribution is -2.31. The summed E-state index contributed by atoms with van der Waals surface area (Å²) in [4.78, 5) is 12.9. The van der Waals surface area contributed by atoms with E-state index in [1.54, 1.807) is 11.8 Å². The number of nitrogens with zero attached hydrogens (tertiary/aromatic N) is 2. The zero-order chi connectivity index (χ0) is 21.1. The normalized spacial score (nSPS) is 12.0. The maximum absolute atomic E-state index is 12.9. The molecule has 1 atom stereocenters. The molecule has 0 radical (unpaired) electrons. The van der Waals surface area contributed by atoms with E-state index in [4.69, 9.17) is 21.4 Å². The van der Waals surface area contributed by atoms with E-state index in [0.29, 0.717) is 11.6 Å². The van der Waals surface area contributed by atoms with Crippen molar-refractivity contribution in [1.82, 2.24) is 15.1 Å². The third-order valence-corrected chi connectivity index (χ3v) is 5.32. The molecule has 3 aromatic carbocycles. The molecule has 5 nitrogen and oxygen atoms in total. The summed E-state index contributed by atoms with van der Waals surface area (Å²) in [6, 6.07) is 22.7. The van der Waals surface area contributed by atoms with Crippen LogP contribution in [0.4, 0.5) is 0 Å². The number of hydrogen-bond donors (Lipinski definition) is 1. The van der Waals surface area contributed by atoms with Crippen molar-refractivity contribution in [2.45, 2.75) is 19.5 Å². The Labute approximate surface area is 180 Å². The van der Waals surface area contributed by atoms with Crippen molar-refractivity contribution in [2.75, 3.05) is 7.11 Å². The van der Waals surface area contributed by atoms with Crippen molar-refractivity contribution >= 4 is 28.4 Å². The number of amides is 1. The number of rotatable bonds is 6. The zero-order valence-electron chi connectivity index (χ0n) is 16.8. The van der Waals surface area contributed by atoms with E-state index in [9.17, 15) is 4.79 Å². The topological polar surface area (TPSA) is 56.1 Å². The molecule has 0 saturated heterocycles. The Morgan fingerprint density at radius 2 is 1.83 bits per heavy atom. The van der Waals surface area contributed by atoms with Crippen LogP contribution in [0.2, 0.25) is 5.02 Å². The quantitative estimate of drug-likeness (QED) is 0.464. The summed E-state index contributed by atoms with van der Waals surface area (Å²) in [6.45, 7) is 2.28. The molecule has 30 heavy (non-hydrogen) atoms. The molecule has 0 aliphatic heterocycles. The molecule has 0 unspecified atom stereocenters. The number of halogens is 1. The summed E-state index contributed by atoms with van der Waals surface area (Å²) < 4.78 is 6.93. The lowest BCUT2D eigenvalue weighted by molar-refractivity contribution is -0.124. The van der Waals surface area contributed by atoms with Gasteiger partial charge in [-0.25, -0.2) is 0 Å². The first-order chi connectivity index (χ1) is 14.6. The first-order valence-corrected chi connectivity index (χ1v) is 10.1. The van der Waals surface area contributed by atoms with Crippen LogP contribution < -0.4 is 10.1 Å². The first-order valence-electron chi connectivity index (χ1n) is 9.70. The van der Waals surface area contributed by atoms with Crippen molar-refractivity contribution in [3.8, 4) is 17.0 Å². The van der Waals surface area contributed by atoms with Crippen LogP contribution in [0.15, 0.2) is 72.8 Å². The number of fused-ring (bicyclic) bond motifs is 1. The highest BCUT2D eigenvalue weighted by molar-refractivity contribution is 6.31. The fourth-order valence-electron chi connectivity index (χ4n) is 3.41. The van der Waals surface area contributed by atoms with Crippen LogP contribution in [-0.4, -0.2) is 22.8 Å². The van der Waals surface area contributed by atoms with E-state index >= 15 is 0 Å². The molecule has 0 bridgehead atoms. The highest BCUT2D eigenvalue weighted by atomic mass is 35.5. The predicted molar refractivity (Wildman–Crippen MR) is 120 cm³/mol. The Morgan fingerprint density at radius 1 is 1.10 bits per heavy atom. The monoisotopic (exact) mass is 419 g/mol. The number of hydrogen-bond acceptors (Lipinski definition) is 3. The van der Waals surface area contributed by atoms with E-state index in [1.165, 1.54) is 0 Å². The Hall–Kier alpha value is -3.31. The second-order valence-electron chi connectivity index (χ2n) is 7.06. The molecular weight excluding hydrogens is 398 g/mol. The van der Waals surface area contributed by atoms with Crippen molar-refractivity contribution in [3.63, 3.8) is 0 Å². The van der Waals surface area contributed by atoms with Gasteiger partial charge < -0.3 is 10.1 Å². The third kappa shape index (κ3) is 4.02. The minimum atomic E-state index is -0.482. The standard InChI is InChI=1S/C24H22ClN3O2/c1-16(24(29)26-15-17-8-11-20(30-2)12-9-17)28-22-13-10-19(25)14-21(22)23(27-28)18-6-4-3-5-7-18/h3-14,16H,15H2,1-2H3,(H,26,29)/t16-/m0/s1. The first kappa shape index (κ1) is 20.0. The number of carbonyl (C=O) groups excluding carboxylic acids is 1. The van der Waals surface area contributed by atoms with Crippen LogP contribution in [0.1, 0.15) is 18.5 Å². The predicted octanol–water partition coefficient (Wildman–Crippen LogP) is 5.24. The summed E-state index contributed by atoms with van der Waals surface area (Å²) in [6.07, 6.45) is 0. The number of carbonyl (C=O) groups is 1. The van der Waals surface area contributed by atoms with Crippen molar-refractivity contribution in [2.24, 2.45) is 0 Å². The fraction of sp³-hybridized carbons (Fsp3) is 0.167. The van der Waals surface area contributed by atoms with Crippen molar-refractivity contribution in [1.29, 1.82) is 0 Å². The van der Waals surface area contributed by atoms with Gasteiger partial charge in [-0.1, -0.05) is 54.1 Å². The summed E-state index contributed by atoms with van der Waals surface area (Å²) in [7, 11) is 1.63. The third-order valence-electron chi connectivity index (χ3n) is 5.09. The maximum atomic E-state index is 12.9. The van der Waals surface area contributed by atoms with Gasteiger partial charge in [0.25, 0.3) is 0 Å². The summed E-state index contributed by atoms with van der Waals surface area (Å²) >= 11 is 6.24. The summed E-state index contributed by atoms with van der Waals surface area (Å²) in [5.74, 6) is 0.679. The average Bonchev–Trinajstić information content (AvgIpc) is 3.16. The van der Waals surface area contributed by atoms with Crippen LogP contribution in [0.25, 0.3) is 22.2 Å². The molecule has 0 spiro atoms. The molecule has 0 aliphatic carbocycles. The van der Waals surface area contributed by atoms with Gasteiger partial charge in [0.15, 0.2) is 0 Å². The largest absolute Gasteiger partial charge is 0.497 e. The minimum absolute atomic E-state index is 0.107. The Morgan fingerprint density at radius 3 is 2.53 bits per heavy atom. The molecule has 1 N–H and O–H groups in total. The highest BCUT2D eigenvalue weighted by Crippen LogP contribution is 2.31. The van der Waals surface area contributed by atoms with Gasteiger partial charge in [-0.05, 0) is 42.8 Å². The van der Waals surface area contributed by atoms with Gasteiger partial charge in [0.05, 0.1) is 12.6 Å². The van der Waals surface area contributed by atoms with Gasteiger partial charge in [0, 0.05) is 22.5 Å². The smallest absolute Gasteiger partial charge is 0.244 e. The Balaban J connectivity index is 1.60. The molecular formula is C24H22ClN3O2. The molecule has 6 heteroatoms. The second kappa shape index (κ2) is 8.59. The van der Waals surface area contributed by atoms with Crippen molar-refractivity contribution < 1.29 is 9.53 Å². The van der Waals surface area contributed by atoms with Crippen LogP contribution in [-0.2, 0) is 11.3 Å². The molecule has 0 aliphatic rings.